The first-order chi connectivity index (χ1) is 10.3. The molecular weight excluding hydrogens is 292 g/mol. The van der Waals surface area contributed by atoms with Gasteiger partial charge in [-0.2, -0.15) is 0 Å². The first kappa shape index (κ1) is 12.2. The Bertz CT molecular complexity index is 838. The minimum atomic E-state index is 0.230. The lowest BCUT2D eigenvalue weighted by molar-refractivity contribution is 0.174. The van der Waals surface area contributed by atoms with Crippen LogP contribution < -0.4 is 14.2 Å². The van der Waals surface area contributed by atoms with Gasteiger partial charge in [-0.1, -0.05) is 11.6 Å². The Morgan fingerprint density at radius 2 is 1.90 bits per heavy atom. The Morgan fingerprint density at radius 3 is 2.86 bits per heavy atom. The zero-order valence-electron chi connectivity index (χ0n) is 10.7. The Hall–Kier alpha value is -2.53. The number of hydrogen-bond donors (Lipinski definition) is 0. The van der Waals surface area contributed by atoms with E-state index in [9.17, 15) is 0 Å². The maximum Gasteiger partial charge on any atom is 0.231 e. The van der Waals surface area contributed by atoms with Crippen LogP contribution >= 0.6 is 11.6 Å². The van der Waals surface area contributed by atoms with Gasteiger partial charge in [0, 0.05) is 11.1 Å². The van der Waals surface area contributed by atoms with Gasteiger partial charge in [-0.05, 0) is 30.3 Å². The third-order valence-electron chi connectivity index (χ3n) is 3.12. The summed E-state index contributed by atoms with van der Waals surface area (Å²) >= 11 is 5.96. The summed E-state index contributed by atoms with van der Waals surface area (Å²) in [6.07, 6.45) is 1.45. The van der Waals surface area contributed by atoms with Gasteiger partial charge in [-0.15, -0.1) is 0 Å². The number of fused-ring (bicyclic) bond motifs is 2. The lowest BCUT2D eigenvalue weighted by atomic mass is 10.2. The molecule has 21 heavy (non-hydrogen) atoms. The summed E-state index contributed by atoms with van der Waals surface area (Å²) in [6.45, 7) is 0.230. The molecule has 0 unspecified atom stereocenters. The summed E-state index contributed by atoms with van der Waals surface area (Å²) in [5.74, 6) is 2.46. The van der Waals surface area contributed by atoms with Crippen molar-refractivity contribution in [3.8, 4) is 23.1 Å². The van der Waals surface area contributed by atoms with Gasteiger partial charge < -0.3 is 14.2 Å². The minimum Gasteiger partial charge on any atom is -0.454 e. The Labute approximate surface area is 125 Å². The normalized spacial score (nSPS) is 12.6. The average Bonchev–Trinajstić information content (AvgIpc) is 2.95. The van der Waals surface area contributed by atoms with Gasteiger partial charge in [0.25, 0.3) is 0 Å². The molecule has 104 valence electrons. The molecule has 0 saturated heterocycles. The smallest absolute Gasteiger partial charge is 0.231 e. The number of halogens is 1. The molecule has 1 aromatic heterocycles. The van der Waals surface area contributed by atoms with Crippen molar-refractivity contribution in [2.45, 2.75) is 0 Å². The van der Waals surface area contributed by atoms with Gasteiger partial charge in [0.05, 0.1) is 10.9 Å². The number of rotatable bonds is 2. The number of aromatic nitrogens is 2. The molecule has 0 amide bonds. The van der Waals surface area contributed by atoms with Crippen molar-refractivity contribution < 1.29 is 14.2 Å². The molecular formula is C15H9ClN2O3. The van der Waals surface area contributed by atoms with Crippen LogP contribution in [0.15, 0.2) is 42.7 Å². The molecule has 1 aliphatic heterocycles. The molecule has 1 aliphatic rings. The van der Waals surface area contributed by atoms with E-state index in [0.29, 0.717) is 28.2 Å². The summed E-state index contributed by atoms with van der Waals surface area (Å²) in [5.41, 5.74) is 0.730. The van der Waals surface area contributed by atoms with E-state index in [-0.39, 0.29) is 6.79 Å². The molecule has 5 nitrogen and oxygen atoms in total. The summed E-state index contributed by atoms with van der Waals surface area (Å²) in [4.78, 5) is 8.36. The van der Waals surface area contributed by atoms with E-state index in [4.69, 9.17) is 25.8 Å². The standard InChI is InChI=1S/C15H9ClN2O3/c16-9-1-3-11-12(5-9)17-7-18-15(11)21-10-2-4-13-14(6-10)20-8-19-13/h1-7H,8H2. The number of benzene rings is 2. The zero-order chi connectivity index (χ0) is 14.2. The fourth-order valence-electron chi connectivity index (χ4n) is 2.14. The predicted octanol–water partition coefficient (Wildman–Crippen LogP) is 3.80. The Morgan fingerprint density at radius 1 is 1.00 bits per heavy atom. The van der Waals surface area contributed by atoms with Gasteiger partial charge >= 0.3 is 0 Å². The van der Waals surface area contributed by atoms with E-state index in [2.05, 4.69) is 9.97 Å². The third kappa shape index (κ3) is 2.21. The van der Waals surface area contributed by atoms with E-state index < -0.39 is 0 Å². The molecule has 2 heterocycles. The van der Waals surface area contributed by atoms with Crippen molar-refractivity contribution in [2.24, 2.45) is 0 Å². The fourth-order valence-corrected chi connectivity index (χ4v) is 2.31. The summed E-state index contributed by atoms with van der Waals surface area (Å²) in [6, 6.07) is 10.8. The molecule has 0 aliphatic carbocycles. The highest BCUT2D eigenvalue weighted by atomic mass is 35.5. The van der Waals surface area contributed by atoms with E-state index >= 15 is 0 Å². The quantitative estimate of drug-likeness (QED) is 0.720. The predicted molar refractivity (Wildman–Crippen MR) is 77.2 cm³/mol. The van der Waals surface area contributed by atoms with Crippen LogP contribution in [0.25, 0.3) is 10.9 Å². The van der Waals surface area contributed by atoms with Crippen LogP contribution in [0.1, 0.15) is 0 Å². The summed E-state index contributed by atoms with van der Waals surface area (Å²) in [7, 11) is 0. The van der Waals surface area contributed by atoms with Crippen molar-refractivity contribution >= 4 is 22.5 Å². The van der Waals surface area contributed by atoms with E-state index in [1.807, 2.05) is 6.07 Å². The van der Waals surface area contributed by atoms with Crippen molar-refractivity contribution in [3.05, 3.63) is 47.7 Å². The van der Waals surface area contributed by atoms with Crippen LogP contribution in [0.4, 0.5) is 0 Å². The topological polar surface area (TPSA) is 53.5 Å². The second kappa shape index (κ2) is 4.79. The van der Waals surface area contributed by atoms with Gasteiger partial charge in [0.15, 0.2) is 11.5 Å². The molecule has 0 fully saturated rings. The van der Waals surface area contributed by atoms with Crippen LogP contribution in [0, 0.1) is 0 Å². The lowest BCUT2D eigenvalue weighted by Crippen LogP contribution is -1.93. The first-order valence-corrected chi connectivity index (χ1v) is 6.65. The van der Waals surface area contributed by atoms with Crippen LogP contribution in [0.2, 0.25) is 5.02 Å². The maximum absolute atomic E-state index is 5.96. The van der Waals surface area contributed by atoms with Crippen molar-refractivity contribution in [1.82, 2.24) is 9.97 Å². The Balaban J connectivity index is 1.74. The molecule has 4 rings (SSSR count). The van der Waals surface area contributed by atoms with Crippen LogP contribution in [0.5, 0.6) is 23.1 Å². The summed E-state index contributed by atoms with van der Waals surface area (Å²) < 4.78 is 16.4. The highest BCUT2D eigenvalue weighted by molar-refractivity contribution is 6.31. The zero-order valence-corrected chi connectivity index (χ0v) is 11.5. The van der Waals surface area contributed by atoms with Crippen LogP contribution in [-0.2, 0) is 0 Å². The highest BCUT2D eigenvalue weighted by Gasteiger charge is 2.15. The van der Waals surface area contributed by atoms with Gasteiger partial charge in [-0.25, -0.2) is 9.97 Å². The molecule has 0 bridgehead atoms. The van der Waals surface area contributed by atoms with Crippen molar-refractivity contribution in [3.63, 3.8) is 0 Å². The molecule has 3 aromatic rings. The average molecular weight is 301 g/mol. The molecule has 2 aromatic carbocycles. The largest absolute Gasteiger partial charge is 0.454 e. The van der Waals surface area contributed by atoms with E-state index in [1.165, 1.54) is 6.33 Å². The lowest BCUT2D eigenvalue weighted by Gasteiger charge is -2.08. The summed E-state index contributed by atoms with van der Waals surface area (Å²) in [5, 5.41) is 1.41. The van der Waals surface area contributed by atoms with Gasteiger partial charge in [-0.3, -0.25) is 0 Å². The molecule has 0 atom stereocenters. The first-order valence-electron chi connectivity index (χ1n) is 6.27. The fraction of sp³-hybridized carbons (Fsp3) is 0.0667. The minimum absolute atomic E-state index is 0.230. The van der Waals surface area contributed by atoms with E-state index in [0.717, 1.165) is 10.9 Å². The maximum atomic E-state index is 5.96. The number of nitrogens with zero attached hydrogens (tertiary/aromatic N) is 2. The molecule has 0 saturated carbocycles. The second-order valence-electron chi connectivity index (χ2n) is 4.46. The van der Waals surface area contributed by atoms with Crippen LogP contribution in [-0.4, -0.2) is 16.8 Å². The van der Waals surface area contributed by atoms with Crippen molar-refractivity contribution in [1.29, 1.82) is 0 Å². The SMILES string of the molecule is Clc1ccc2c(Oc3ccc4c(c3)OCO4)ncnc2c1. The third-order valence-corrected chi connectivity index (χ3v) is 3.36. The molecule has 0 spiro atoms. The van der Waals surface area contributed by atoms with E-state index in [1.54, 1.807) is 30.3 Å². The van der Waals surface area contributed by atoms with Gasteiger partial charge in [0.2, 0.25) is 12.7 Å². The second-order valence-corrected chi connectivity index (χ2v) is 4.89. The van der Waals surface area contributed by atoms with Gasteiger partial charge in [0.1, 0.15) is 12.1 Å². The highest BCUT2D eigenvalue weighted by Crippen LogP contribution is 2.37. The molecule has 0 N–H and O–H groups in total. The van der Waals surface area contributed by atoms with Crippen LogP contribution in [0.3, 0.4) is 0 Å². The number of ether oxygens (including phenoxy) is 3. The monoisotopic (exact) mass is 300 g/mol. The molecule has 6 heteroatoms. The molecule has 0 radical (unpaired) electrons. The number of hydrogen-bond acceptors (Lipinski definition) is 5. The Kier molecular flexibility index (Phi) is 2.79. The van der Waals surface area contributed by atoms with Crippen molar-refractivity contribution in [2.75, 3.05) is 6.79 Å².